The Morgan fingerprint density at radius 1 is 1.30 bits per heavy atom. The molecule has 0 aliphatic heterocycles. The van der Waals surface area contributed by atoms with E-state index < -0.39 is 17.9 Å². The smallest absolute Gasteiger partial charge is 0.326 e. The molecule has 2 rings (SSSR count). The zero-order valence-corrected chi connectivity index (χ0v) is 13.0. The Labute approximate surface area is 133 Å². The van der Waals surface area contributed by atoms with Crippen LogP contribution in [0.2, 0.25) is 0 Å². The molecule has 0 fully saturated rings. The molecule has 0 saturated carbocycles. The molecule has 2 aromatic rings. The number of tetrazole rings is 1. The minimum Gasteiger partial charge on any atom is -0.480 e. The van der Waals surface area contributed by atoms with Gasteiger partial charge in [0, 0.05) is 5.56 Å². The standard InChI is InChI=1S/C15H19N5O3/c1-3-10(2)13(15(22)23)16-12(21)9-20-18-14(17-19-20)11-7-5-4-6-8-11/h4-8,10,13H,3,9H2,1-2H3,(H,16,21)(H,22,23). The van der Waals surface area contributed by atoms with E-state index in [1.165, 1.54) is 0 Å². The van der Waals surface area contributed by atoms with E-state index in [4.69, 9.17) is 0 Å². The highest BCUT2D eigenvalue weighted by molar-refractivity contribution is 5.83. The van der Waals surface area contributed by atoms with Gasteiger partial charge in [-0.3, -0.25) is 4.79 Å². The summed E-state index contributed by atoms with van der Waals surface area (Å²) in [7, 11) is 0. The van der Waals surface area contributed by atoms with Crippen molar-refractivity contribution in [2.75, 3.05) is 0 Å². The SMILES string of the molecule is CCC(C)C(NC(=O)Cn1nnc(-c2ccccc2)n1)C(=O)O. The summed E-state index contributed by atoms with van der Waals surface area (Å²) in [5.74, 6) is -1.27. The molecule has 122 valence electrons. The molecule has 2 N–H and O–H groups in total. The number of carboxylic acid groups (broad SMARTS) is 1. The summed E-state index contributed by atoms with van der Waals surface area (Å²) in [5.41, 5.74) is 0.794. The van der Waals surface area contributed by atoms with Gasteiger partial charge in [-0.2, -0.15) is 4.80 Å². The molecule has 2 unspecified atom stereocenters. The second-order valence-electron chi connectivity index (χ2n) is 5.28. The summed E-state index contributed by atoms with van der Waals surface area (Å²) in [5, 5.41) is 23.5. The lowest BCUT2D eigenvalue weighted by Gasteiger charge is -2.19. The van der Waals surface area contributed by atoms with Crippen molar-refractivity contribution >= 4 is 11.9 Å². The third-order valence-electron chi connectivity index (χ3n) is 3.57. The molecule has 0 aliphatic carbocycles. The predicted octanol–water partition coefficient (Wildman–Crippen LogP) is 0.956. The number of aliphatic carboxylic acids is 1. The van der Waals surface area contributed by atoms with E-state index in [9.17, 15) is 14.7 Å². The first kappa shape index (κ1) is 16.6. The molecule has 0 aliphatic rings. The van der Waals surface area contributed by atoms with Crippen molar-refractivity contribution in [3.63, 3.8) is 0 Å². The van der Waals surface area contributed by atoms with Gasteiger partial charge >= 0.3 is 5.97 Å². The summed E-state index contributed by atoms with van der Waals surface area (Å²) < 4.78 is 0. The lowest BCUT2D eigenvalue weighted by atomic mass is 9.99. The van der Waals surface area contributed by atoms with Crippen LogP contribution in [0.5, 0.6) is 0 Å². The predicted molar refractivity (Wildman–Crippen MR) is 82.3 cm³/mol. The Bertz CT molecular complexity index is 671. The Hall–Kier alpha value is -2.77. The Morgan fingerprint density at radius 3 is 2.61 bits per heavy atom. The molecular formula is C15H19N5O3. The first-order valence-electron chi connectivity index (χ1n) is 7.36. The average molecular weight is 317 g/mol. The number of carboxylic acids is 1. The zero-order valence-electron chi connectivity index (χ0n) is 13.0. The fraction of sp³-hybridized carbons (Fsp3) is 0.400. The summed E-state index contributed by atoms with van der Waals surface area (Å²) in [6.07, 6.45) is 0.650. The van der Waals surface area contributed by atoms with E-state index in [1.54, 1.807) is 6.92 Å². The van der Waals surface area contributed by atoms with Crippen LogP contribution in [0.1, 0.15) is 20.3 Å². The molecule has 2 atom stereocenters. The van der Waals surface area contributed by atoms with Gasteiger partial charge in [-0.1, -0.05) is 50.6 Å². The van der Waals surface area contributed by atoms with Crippen LogP contribution in [-0.4, -0.2) is 43.2 Å². The third-order valence-corrected chi connectivity index (χ3v) is 3.57. The van der Waals surface area contributed by atoms with Crippen LogP contribution in [0.15, 0.2) is 30.3 Å². The van der Waals surface area contributed by atoms with Crippen LogP contribution in [-0.2, 0) is 16.1 Å². The van der Waals surface area contributed by atoms with E-state index in [0.29, 0.717) is 12.2 Å². The third kappa shape index (κ3) is 4.35. The van der Waals surface area contributed by atoms with Gasteiger partial charge in [-0.15, -0.1) is 10.2 Å². The van der Waals surface area contributed by atoms with Gasteiger partial charge < -0.3 is 10.4 Å². The van der Waals surface area contributed by atoms with Gasteiger partial charge in [0.2, 0.25) is 11.7 Å². The summed E-state index contributed by atoms with van der Waals surface area (Å²) in [6, 6.07) is 8.33. The number of nitrogens with zero attached hydrogens (tertiary/aromatic N) is 4. The second-order valence-corrected chi connectivity index (χ2v) is 5.28. The lowest BCUT2D eigenvalue weighted by molar-refractivity contribution is -0.143. The molecule has 0 radical (unpaired) electrons. The van der Waals surface area contributed by atoms with Gasteiger partial charge in [-0.25, -0.2) is 4.79 Å². The number of amides is 1. The number of nitrogens with one attached hydrogen (secondary N) is 1. The van der Waals surface area contributed by atoms with Crippen molar-refractivity contribution in [3.05, 3.63) is 30.3 Å². The molecule has 1 aromatic carbocycles. The molecule has 0 saturated heterocycles. The van der Waals surface area contributed by atoms with Crippen molar-refractivity contribution in [1.29, 1.82) is 0 Å². The van der Waals surface area contributed by atoms with Crippen molar-refractivity contribution in [2.45, 2.75) is 32.9 Å². The van der Waals surface area contributed by atoms with E-state index in [-0.39, 0.29) is 12.5 Å². The fourth-order valence-electron chi connectivity index (χ4n) is 2.04. The molecular weight excluding hydrogens is 298 g/mol. The van der Waals surface area contributed by atoms with Crippen LogP contribution < -0.4 is 5.32 Å². The zero-order chi connectivity index (χ0) is 16.8. The van der Waals surface area contributed by atoms with E-state index in [1.807, 2.05) is 37.3 Å². The van der Waals surface area contributed by atoms with Gasteiger partial charge in [0.05, 0.1) is 0 Å². The largest absolute Gasteiger partial charge is 0.480 e. The minimum atomic E-state index is -1.05. The quantitative estimate of drug-likeness (QED) is 0.787. The molecule has 1 aromatic heterocycles. The molecule has 8 nitrogen and oxygen atoms in total. The van der Waals surface area contributed by atoms with Gasteiger partial charge in [0.1, 0.15) is 12.6 Å². The number of carbonyl (C=O) groups excluding carboxylic acids is 1. The topological polar surface area (TPSA) is 110 Å². The Balaban J connectivity index is 2.01. The van der Waals surface area contributed by atoms with E-state index >= 15 is 0 Å². The van der Waals surface area contributed by atoms with E-state index in [2.05, 4.69) is 20.7 Å². The maximum Gasteiger partial charge on any atom is 0.326 e. The number of carbonyl (C=O) groups is 2. The molecule has 1 amide bonds. The Morgan fingerprint density at radius 2 is 2.00 bits per heavy atom. The number of benzene rings is 1. The number of rotatable bonds is 7. The monoisotopic (exact) mass is 317 g/mol. The van der Waals surface area contributed by atoms with Crippen molar-refractivity contribution in [3.8, 4) is 11.4 Å². The molecule has 8 heteroatoms. The first-order valence-corrected chi connectivity index (χ1v) is 7.36. The minimum absolute atomic E-state index is 0.167. The fourth-order valence-corrected chi connectivity index (χ4v) is 2.04. The summed E-state index contributed by atoms with van der Waals surface area (Å²) in [6.45, 7) is 3.47. The summed E-state index contributed by atoms with van der Waals surface area (Å²) >= 11 is 0. The normalized spacial score (nSPS) is 13.3. The van der Waals surface area contributed by atoms with Crippen LogP contribution in [0, 0.1) is 5.92 Å². The second kappa shape index (κ2) is 7.48. The number of hydrogen-bond donors (Lipinski definition) is 2. The van der Waals surface area contributed by atoms with Crippen LogP contribution >= 0.6 is 0 Å². The van der Waals surface area contributed by atoms with Crippen molar-refractivity contribution < 1.29 is 14.7 Å². The first-order chi connectivity index (χ1) is 11.0. The maximum atomic E-state index is 12.0. The van der Waals surface area contributed by atoms with E-state index in [0.717, 1.165) is 10.4 Å². The molecule has 1 heterocycles. The maximum absolute atomic E-state index is 12.0. The number of hydrogen-bond acceptors (Lipinski definition) is 5. The highest BCUT2D eigenvalue weighted by atomic mass is 16.4. The van der Waals surface area contributed by atoms with Crippen molar-refractivity contribution in [1.82, 2.24) is 25.5 Å². The lowest BCUT2D eigenvalue weighted by Crippen LogP contribution is -2.46. The van der Waals surface area contributed by atoms with Gasteiger partial charge in [0.15, 0.2) is 0 Å². The molecule has 0 spiro atoms. The van der Waals surface area contributed by atoms with Gasteiger partial charge in [0.25, 0.3) is 0 Å². The van der Waals surface area contributed by atoms with Crippen molar-refractivity contribution in [2.24, 2.45) is 5.92 Å². The molecule has 0 bridgehead atoms. The van der Waals surface area contributed by atoms with Crippen LogP contribution in [0.25, 0.3) is 11.4 Å². The van der Waals surface area contributed by atoms with Crippen LogP contribution in [0.3, 0.4) is 0 Å². The highest BCUT2D eigenvalue weighted by Crippen LogP contribution is 2.12. The van der Waals surface area contributed by atoms with Gasteiger partial charge in [-0.05, 0) is 11.1 Å². The average Bonchev–Trinajstić information content (AvgIpc) is 3.01. The highest BCUT2D eigenvalue weighted by Gasteiger charge is 2.25. The molecule has 23 heavy (non-hydrogen) atoms. The van der Waals surface area contributed by atoms with Crippen LogP contribution in [0.4, 0.5) is 0 Å². The number of aromatic nitrogens is 4. The summed E-state index contributed by atoms with van der Waals surface area (Å²) in [4.78, 5) is 24.3. The Kier molecular flexibility index (Phi) is 5.40.